The van der Waals surface area contributed by atoms with E-state index in [0.717, 1.165) is 51.4 Å². The average Bonchev–Trinajstić information content (AvgIpc) is 3.17. The lowest BCUT2D eigenvalue weighted by Gasteiger charge is -2.20. The van der Waals surface area contributed by atoms with E-state index >= 15 is 0 Å². The lowest BCUT2D eigenvalue weighted by Crippen LogP contribution is -2.29. The number of hydrogen-bond acceptors (Lipinski definition) is 9. The Hall–Kier alpha value is -2.07. The van der Waals surface area contributed by atoms with Gasteiger partial charge in [0.05, 0.1) is 19.8 Å². The van der Waals surface area contributed by atoms with Crippen molar-refractivity contribution in [3.63, 3.8) is 0 Å². The van der Waals surface area contributed by atoms with Crippen LogP contribution >= 0.6 is 7.82 Å². The summed E-state index contributed by atoms with van der Waals surface area (Å²) in [6.45, 7) is 2.22. The predicted octanol–water partition coefficient (Wildman–Crippen LogP) is 11.3. The first-order valence-electron chi connectivity index (χ1n) is 21.6. The molecule has 0 fully saturated rings. The maximum atomic E-state index is 12.6. The minimum absolute atomic E-state index is 0.155. The maximum Gasteiger partial charge on any atom is 0.472 e. The van der Waals surface area contributed by atoms with Gasteiger partial charge in [0.2, 0.25) is 0 Å². The molecule has 0 saturated heterocycles. The highest BCUT2D eigenvalue weighted by molar-refractivity contribution is 7.47. The SMILES string of the molecule is CCCCC/C=C/C/C=C/CCCCCCCCCC(=O)O[C@H](COC(=O)/C=C/C=C/CCCCCCCCCCCCC)COP(=O)(O)OC[C@@H](O)CO. The highest BCUT2D eigenvalue weighted by atomic mass is 31.2. The first kappa shape index (κ1) is 52.9. The standard InChI is InChI=1S/C44H79O10P/c1-3-5-7-9-11-13-15-17-19-20-22-24-26-28-30-32-34-36-44(48)54-42(40-53-55(49,50)52-38-41(46)37-45)39-51-43(47)35-33-31-29-27-25-23-21-18-16-14-12-10-8-6-4-2/h11,13,17,19,29,31,33,35,41-42,45-46H,3-10,12,14-16,18,20-28,30,32,34,36-40H2,1-2H3,(H,49,50)/b13-11+,19-17+,31-29+,35-33+/t41-,42+/m0/s1. The van der Waals surface area contributed by atoms with Crippen molar-refractivity contribution in [2.24, 2.45) is 0 Å². The van der Waals surface area contributed by atoms with Crippen LogP contribution in [0.1, 0.15) is 181 Å². The Morgan fingerprint density at radius 2 is 1.07 bits per heavy atom. The quantitative estimate of drug-likeness (QED) is 0.0137. The third-order valence-electron chi connectivity index (χ3n) is 9.06. The van der Waals surface area contributed by atoms with Gasteiger partial charge in [-0.1, -0.05) is 166 Å². The zero-order chi connectivity index (χ0) is 40.5. The molecule has 55 heavy (non-hydrogen) atoms. The molecule has 0 rings (SSSR count). The Morgan fingerprint density at radius 1 is 0.600 bits per heavy atom. The van der Waals surface area contributed by atoms with Crippen LogP contribution in [0.15, 0.2) is 48.6 Å². The van der Waals surface area contributed by atoms with Gasteiger partial charge in [0, 0.05) is 12.5 Å². The first-order valence-corrected chi connectivity index (χ1v) is 23.1. The van der Waals surface area contributed by atoms with E-state index in [4.69, 9.17) is 19.1 Å². The van der Waals surface area contributed by atoms with Gasteiger partial charge in [-0.3, -0.25) is 13.8 Å². The number of unbranched alkanes of at least 4 members (excludes halogenated alkanes) is 21. The Kier molecular flexibility index (Phi) is 38.6. The summed E-state index contributed by atoms with van der Waals surface area (Å²) in [6.07, 6.45) is 42.8. The molecule has 0 radical (unpaired) electrons. The fourth-order valence-corrected chi connectivity index (χ4v) is 6.49. The Bertz CT molecular complexity index is 1060. The number of carbonyl (C=O) groups is 2. The molecule has 10 nitrogen and oxygen atoms in total. The van der Waals surface area contributed by atoms with E-state index in [9.17, 15) is 24.2 Å². The van der Waals surface area contributed by atoms with Crippen LogP contribution in [0.2, 0.25) is 0 Å². The van der Waals surface area contributed by atoms with Crippen molar-refractivity contribution in [2.75, 3.05) is 26.4 Å². The third kappa shape index (κ3) is 39.9. The van der Waals surface area contributed by atoms with Gasteiger partial charge in [0.1, 0.15) is 12.7 Å². The van der Waals surface area contributed by atoms with Crippen molar-refractivity contribution < 1.29 is 47.8 Å². The van der Waals surface area contributed by atoms with Crippen LogP contribution in [0.5, 0.6) is 0 Å². The minimum Gasteiger partial charge on any atom is -0.458 e. The Balaban J connectivity index is 4.41. The molecule has 0 aromatic carbocycles. The van der Waals surface area contributed by atoms with Gasteiger partial charge in [-0.05, 0) is 51.4 Å². The number of phosphoric ester groups is 1. The average molecular weight is 799 g/mol. The number of aliphatic hydroxyl groups is 2. The van der Waals surface area contributed by atoms with Gasteiger partial charge < -0.3 is 24.6 Å². The topological polar surface area (TPSA) is 149 Å². The summed E-state index contributed by atoms with van der Waals surface area (Å²) in [4.78, 5) is 34.8. The molecule has 0 aliphatic rings. The molecule has 11 heteroatoms. The van der Waals surface area contributed by atoms with Crippen LogP contribution in [-0.4, -0.2) is 65.7 Å². The van der Waals surface area contributed by atoms with Crippen molar-refractivity contribution in [1.82, 2.24) is 0 Å². The van der Waals surface area contributed by atoms with Crippen LogP contribution < -0.4 is 0 Å². The smallest absolute Gasteiger partial charge is 0.458 e. The molecule has 3 atom stereocenters. The molecular formula is C44H79O10P. The van der Waals surface area contributed by atoms with E-state index in [0.29, 0.717) is 6.42 Å². The van der Waals surface area contributed by atoms with E-state index in [1.165, 1.54) is 109 Å². The van der Waals surface area contributed by atoms with Crippen molar-refractivity contribution >= 4 is 19.8 Å². The number of phosphoric acid groups is 1. The number of rotatable bonds is 40. The highest BCUT2D eigenvalue weighted by Gasteiger charge is 2.27. The molecule has 0 amide bonds. The zero-order valence-corrected chi connectivity index (χ0v) is 35.5. The van der Waals surface area contributed by atoms with Gasteiger partial charge in [0.15, 0.2) is 6.10 Å². The lowest BCUT2D eigenvalue weighted by molar-refractivity contribution is -0.159. The number of hydrogen-bond donors (Lipinski definition) is 3. The Labute approximate surface area is 334 Å². The van der Waals surface area contributed by atoms with E-state index < -0.39 is 51.8 Å². The number of esters is 2. The number of ether oxygens (including phenoxy) is 2. The number of aliphatic hydroxyl groups excluding tert-OH is 2. The van der Waals surface area contributed by atoms with Crippen LogP contribution in [0, 0.1) is 0 Å². The second-order valence-corrected chi connectivity index (χ2v) is 15.9. The van der Waals surface area contributed by atoms with E-state index in [1.807, 2.05) is 6.08 Å². The summed E-state index contributed by atoms with van der Waals surface area (Å²) in [5.41, 5.74) is 0. The monoisotopic (exact) mass is 799 g/mol. The summed E-state index contributed by atoms with van der Waals surface area (Å²) in [6, 6.07) is 0. The fraction of sp³-hybridized carbons (Fsp3) is 0.773. The van der Waals surface area contributed by atoms with E-state index in [-0.39, 0.29) is 13.0 Å². The molecule has 3 N–H and O–H groups in total. The molecule has 0 aliphatic heterocycles. The van der Waals surface area contributed by atoms with Gasteiger partial charge >= 0.3 is 19.8 Å². The van der Waals surface area contributed by atoms with Gasteiger partial charge in [0.25, 0.3) is 0 Å². The van der Waals surface area contributed by atoms with Crippen molar-refractivity contribution in [3.05, 3.63) is 48.6 Å². The third-order valence-corrected chi connectivity index (χ3v) is 10.0. The van der Waals surface area contributed by atoms with Crippen LogP contribution in [0.4, 0.5) is 0 Å². The zero-order valence-electron chi connectivity index (χ0n) is 34.6. The number of carbonyl (C=O) groups excluding carboxylic acids is 2. The summed E-state index contributed by atoms with van der Waals surface area (Å²) < 4.78 is 32.5. The molecule has 0 spiro atoms. The van der Waals surface area contributed by atoms with Crippen LogP contribution in [-0.2, 0) is 32.7 Å². The molecule has 0 bridgehead atoms. The lowest BCUT2D eigenvalue weighted by atomic mass is 10.1. The first-order chi connectivity index (χ1) is 26.7. The minimum atomic E-state index is -4.64. The van der Waals surface area contributed by atoms with Crippen LogP contribution in [0.3, 0.4) is 0 Å². The molecule has 0 aromatic heterocycles. The van der Waals surface area contributed by atoms with E-state index in [1.54, 1.807) is 12.2 Å². The normalized spacial score (nSPS) is 14.3. The predicted molar refractivity (Wildman–Crippen MR) is 224 cm³/mol. The molecule has 320 valence electrons. The van der Waals surface area contributed by atoms with Crippen LogP contribution in [0.25, 0.3) is 0 Å². The van der Waals surface area contributed by atoms with Crippen molar-refractivity contribution in [3.8, 4) is 0 Å². The highest BCUT2D eigenvalue weighted by Crippen LogP contribution is 2.43. The second-order valence-electron chi connectivity index (χ2n) is 14.4. The molecule has 0 saturated carbocycles. The summed E-state index contributed by atoms with van der Waals surface area (Å²) in [7, 11) is -4.64. The largest absolute Gasteiger partial charge is 0.472 e. The molecule has 1 unspecified atom stereocenters. The van der Waals surface area contributed by atoms with Gasteiger partial charge in [-0.2, -0.15) is 0 Å². The molecule has 0 aromatic rings. The van der Waals surface area contributed by atoms with E-state index in [2.05, 4.69) is 42.7 Å². The fourth-order valence-electron chi connectivity index (χ4n) is 5.70. The maximum absolute atomic E-state index is 12.6. The summed E-state index contributed by atoms with van der Waals surface area (Å²) >= 11 is 0. The molecular weight excluding hydrogens is 719 g/mol. The molecule has 0 heterocycles. The second kappa shape index (κ2) is 40.1. The Morgan fingerprint density at radius 3 is 1.64 bits per heavy atom. The van der Waals surface area contributed by atoms with Crippen molar-refractivity contribution in [2.45, 2.75) is 193 Å². The molecule has 0 aliphatic carbocycles. The summed E-state index contributed by atoms with van der Waals surface area (Å²) in [5.74, 6) is -1.19. The van der Waals surface area contributed by atoms with Gasteiger partial charge in [-0.15, -0.1) is 0 Å². The van der Waals surface area contributed by atoms with Gasteiger partial charge in [-0.25, -0.2) is 9.36 Å². The number of allylic oxidation sites excluding steroid dienone is 7. The summed E-state index contributed by atoms with van der Waals surface area (Å²) in [5, 5.41) is 18.3. The van der Waals surface area contributed by atoms with Crippen molar-refractivity contribution in [1.29, 1.82) is 0 Å².